The summed E-state index contributed by atoms with van der Waals surface area (Å²) in [5.74, 6) is 0.391. The number of esters is 1. The molecular formula is C22H27N3O2S. The lowest BCUT2D eigenvalue weighted by molar-refractivity contribution is 0.0601. The van der Waals surface area contributed by atoms with Crippen molar-refractivity contribution < 1.29 is 9.53 Å². The predicted molar refractivity (Wildman–Crippen MR) is 118 cm³/mol. The number of anilines is 2. The Morgan fingerprint density at radius 2 is 2.04 bits per heavy atom. The molecule has 3 rings (SSSR count). The van der Waals surface area contributed by atoms with Crippen LogP contribution in [0.25, 0.3) is 0 Å². The van der Waals surface area contributed by atoms with E-state index >= 15 is 0 Å². The minimum Gasteiger partial charge on any atom is -0.465 e. The van der Waals surface area contributed by atoms with Crippen molar-refractivity contribution in [1.82, 2.24) is 5.32 Å². The van der Waals surface area contributed by atoms with Gasteiger partial charge < -0.3 is 20.3 Å². The van der Waals surface area contributed by atoms with Crippen molar-refractivity contribution in [3.05, 3.63) is 59.7 Å². The molecule has 0 amide bonds. The SMILES string of the molecule is COC(=O)c1cccc(NC(=S)NCc2ccc(N3CCC[C@@H](C)C3)cc2)c1. The largest absolute Gasteiger partial charge is 0.465 e. The van der Waals surface area contributed by atoms with Crippen LogP contribution in [-0.2, 0) is 11.3 Å². The van der Waals surface area contributed by atoms with Gasteiger partial charge in [-0.1, -0.05) is 25.1 Å². The van der Waals surface area contributed by atoms with Gasteiger partial charge in [-0.3, -0.25) is 0 Å². The Morgan fingerprint density at radius 1 is 1.25 bits per heavy atom. The zero-order valence-electron chi connectivity index (χ0n) is 16.4. The number of carbonyl (C=O) groups is 1. The van der Waals surface area contributed by atoms with Crippen molar-refractivity contribution in [3.8, 4) is 0 Å². The molecule has 1 heterocycles. The molecule has 0 aromatic heterocycles. The highest BCUT2D eigenvalue weighted by molar-refractivity contribution is 7.80. The fourth-order valence-corrected chi connectivity index (χ4v) is 3.64. The standard InChI is InChI=1S/C22H27N3O2S/c1-16-5-4-12-25(15-16)20-10-8-17(9-11-20)14-23-22(28)24-19-7-3-6-18(13-19)21(26)27-2/h3,6-11,13,16H,4-5,12,14-15H2,1-2H3,(H2,23,24,28)/t16-/m1/s1. The molecule has 1 aliphatic rings. The molecule has 0 unspecified atom stereocenters. The van der Waals surface area contributed by atoms with E-state index in [1.807, 2.05) is 6.07 Å². The molecule has 0 aliphatic carbocycles. The monoisotopic (exact) mass is 397 g/mol. The number of rotatable bonds is 5. The number of hydrogen-bond acceptors (Lipinski definition) is 4. The Kier molecular flexibility index (Phi) is 6.87. The van der Waals surface area contributed by atoms with E-state index in [0.717, 1.165) is 24.7 Å². The normalized spacial score (nSPS) is 16.4. The molecule has 6 heteroatoms. The van der Waals surface area contributed by atoms with Gasteiger partial charge >= 0.3 is 5.97 Å². The number of piperidine rings is 1. The van der Waals surface area contributed by atoms with Crippen molar-refractivity contribution in [2.75, 3.05) is 30.4 Å². The van der Waals surface area contributed by atoms with Crippen LogP contribution in [0.4, 0.5) is 11.4 Å². The van der Waals surface area contributed by atoms with Gasteiger partial charge in [0.25, 0.3) is 0 Å². The average Bonchev–Trinajstić information content (AvgIpc) is 2.72. The van der Waals surface area contributed by atoms with Gasteiger partial charge in [-0.25, -0.2) is 4.79 Å². The molecular weight excluding hydrogens is 370 g/mol. The molecule has 28 heavy (non-hydrogen) atoms. The summed E-state index contributed by atoms with van der Waals surface area (Å²) in [5.41, 5.74) is 3.68. The zero-order valence-corrected chi connectivity index (χ0v) is 17.2. The molecule has 1 saturated heterocycles. The minimum absolute atomic E-state index is 0.370. The minimum atomic E-state index is -0.370. The van der Waals surface area contributed by atoms with Gasteiger partial charge in [-0.15, -0.1) is 0 Å². The first kappa shape index (κ1) is 20.1. The van der Waals surface area contributed by atoms with E-state index in [1.165, 1.54) is 31.2 Å². The number of thiocarbonyl (C=S) groups is 1. The topological polar surface area (TPSA) is 53.6 Å². The summed E-state index contributed by atoms with van der Waals surface area (Å²) >= 11 is 5.37. The third-order valence-electron chi connectivity index (χ3n) is 4.95. The molecule has 1 aliphatic heterocycles. The van der Waals surface area contributed by atoms with Crippen molar-refractivity contribution in [2.24, 2.45) is 5.92 Å². The number of carbonyl (C=O) groups excluding carboxylic acids is 1. The number of methoxy groups -OCH3 is 1. The number of benzene rings is 2. The van der Waals surface area contributed by atoms with E-state index in [4.69, 9.17) is 17.0 Å². The average molecular weight is 398 g/mol. The Hall–Kier alpha value is -2.60. The number of ether oxygens (including phenoxy) is 1. The van der Waals surface area contributed by atoms with Crippen LogP contribution in [0, 0.1) is 5.92 Å². The van der Waals surface area contributed by atoms with E-state index in [0.29, 0.717) is 17.2 Å². The van der Waals surface area contributed by atoms with Crippen LogP contribution in [0.2, 0.25) is 0 Å². The van der Waals surface area contributed by atoms with Crippen LogP contribution < -0.4 is 15.5 Å². The van der Waals surface area contributed by atoms with E-state index in [9.17, 15) is 4.79 Å². The highest BCUT2D eigenvalue weighted by Gasteiger charge is 2.16. The molecule has 2 aromatic rings. The molecule has 0 spiro atoms. The zero-order chi connectivity index (χ0) is 19.9. The number of nitrogens with one attached hydrogen (secondary N) is 2. The van der Waals surface area contributed by atoms with Gasteiger partial charge in [0.1, 0.15) is 0 Å². The van der Waals surface area contributed by atoms with E-state index in [1.54, 1.807) is 18.2 Å². The quantitative estimate of drug-likeness (QED) is 0.583. The summed E-state index contributed by atoms with van der Waals surface area (Å²) < 4.78 is 4.74. The van der Waals surface area contributed by atoms with Gasteiger partial charge in [-0.2, -0.15) is 0 Å². The third kappa shape index (κ3) is 5.45. The fraction of sp³-hybridized carbons (Fsp3) is 0.364. The van der Waals surface area contributed by atoms with Crippen molar-refractivity contribution in [2.45, 2.75) is 26.3 Å². The predicted octanol–water partition coefficient (Wildman–Crippen LogP) is 4.20. The highest BCUT2D eigenvalue weighted by Crippen LogP contribution is 2.23. The summed E-state index contributed by atoms with van der Waals surface area (Å²) in [5, 5.41) is 6.82. The van der Waals surface area contributed by atoms with E-state index < -0.39 is 0 Å². The first-order valence-electron chi connectivity index (χ1n) is 9.62. The van der Waals surface area contributed by atoms with Gasteiger partial charge in [0, 0.05) is 31.0 Å². The second-order valence-electron chi connectivity index (χ2n) is 7.24. The first-order chi connectivity index (χ1) is 13.5. The summed E-state index contributed by atoms with van der Waals surface area (Å²) in [6.07, 6.45) is 2.59. The first-order valence-corrected chi connectivity index (χ1v) is 10.0. The Labute approximate surface area is 172 Å². The molecule has 2 aromatic carbocycles. The lowest BCUT2D eigenvalue weighted by atomic mass is 9.99. The van der Waals surface area contributed by atoms with Crippen molar-refractivity contribution >= 4 is 34.7 Å². The van der Waals surface area contributed by atoms with Gasteiger partial charge in [0.2, 0.25) is 0 Å². The summed E-state index contributed by atoms with van der Waals surface area (Å²) in [4.78, 5) is 14.1. The lowest BCUT2D eigenvalue weighted by Crippen LogP contribution is -2.34. The maximum absolute atomic E-state index is 11.6. The maximum atomic E-state index is 11.6. The van der Waals surface area contributed by atoms with Crippen LogP contribution in [0.1, 0.15) is 35.7 Å². The van der Waals surface area contributed by atoms with Crippen LogP contribution in [-0.4, -0.2) is 31.3 Å². The van der Waals surface area contributed by atoms with E-state index in [2.05, 4.69) is 46.7 Å². The van der Waals surface area contributed by atoms with Crippen LogP contribution >= 0.6 is 12.2 Å². The maximum Gasteiger partial charge on any atom is 0.337 e. The van der Waals surface area contributed by atoms with Crippen LogP contribution in [0.15, 0.2) is 48.5 Å². The van der Waals surface area contributed by atoms with Crippen molar-refractivity contribution in [1.29, 1.82) is 0 Å². The van der Waals surface area contributed by atoms with E-state index in [-0.39, 0.29) is 5.97 Å². The Bertz CT molecular complexity index is 823. The fourth-order valence-electron chi connectivity index (χ4n) is 3.45. The second kappa shape index (κ2) is 9.55. The summed E-state index contributed by atoms with van der Waals surface area (Å²) in [7, 11) is 1.37. The summed E-state index contributed by atoms with van der Waals surface area (Å²) in [6.45, 7) is 5.23. The highest BCUT2D eigenvalue weighted by atomic mass is 32.1. The number of hydrogen-bond donors (Lipinski definition) is 2. The molecule has 1 fully saturated rings. The molecule has 0 radical (unpaired) electrons. The Balaban J connectivity index is 1.51. The molecule has 1 atom stereocenters. The number of nitrogens with zero attached hydrogens (tertiary/aromatic N) is 1. The van der Waals surface area contributed by atoms with Crippen LogP contribution in [0.3, 0.4) is 0 Å². The molecule has 0 saturated carbocycles. The molecule has 148 valence electrons. The molecule has 2 N–H and O–H groups in total. The molecule has 0 bridgehead atoms. The Morgan fingerprint density at radius 3 is 2.75 bits per heavy atom. The smallest absolute Gasteiger partial charge is 0.337 e. The third-order valence-corrected chi connectivity index (χ3v) is 5.20. The van der Waals surface area contributed by atoms with Gasteiger partial charge in [0.05, 0.1) is 12.7 Å². The summed E-state index contributed by atoms with van der Waals surface area (Å²) in [6, 6.07) is 15.7. The van der Waals surface area contributed by atoms with Gasteiger partial charge in [-0.05, 0) is 66.9 Å². The van der Waals surface area contributed by atoms with Gasteiger partial charge in [0.15, 0.2) is 5.11 Å². The van der Waals surface area contributed by atoms with Crippen molar-refractivity contribution in [3.63, 3.8) is 0 Å². The van der Waals surface area contributed by atoms with Crippen LogP contribution in [0.5, 0.6) is 0 Å². The second-order valence-corrected chi connectivity index (χ2v) is 7.65. The lowest BCUT2D eigenvalue weighted by Gasteiger charge is -2.32. The molecule has 5 nitrogen and oxygen atoms in total.